The van der Waals surface area contributed by atoms with Crippen LogP contribution in [0.1, 0.15) is 40.4 Å². The maximum Gasteiger partial charge on any atom is 0.262 e. The molecule has 2 N–H and O–H groups in total. The number of carbonyl (C=O) groups is 1. The Labute approximate surface area is 184 Å². The van der Waals surface area contributed by atoms with Crippen molar-refractivity contribution in [3.8, 4) is 0 Å². The Hall–Kier alpha value is -3.12. The highest BCUT2D eigenvalue weighted by Gasteiger charge is 2.20. The van der Waals surface area contributed by atoms with Crippen LogP contribution in [0.2, 0.25) is 0 Å². The lowest BCUT2D eigenvalue weighted by Crippen LogP contribution is -2.33. The minimum absolute atomic E-state index is 0.0421. The van der Waals surface area contributed by atoms with Crippen LogP contribution in [0.4, 0.5) is 5.69 Å². The highest BCUT2D eigenvalue weighted by atomic mass is 32.2. The number of amides is 1. The average molecular weight is 437 g/mol. The summed E-state index contributed by atoms with van der Waals surface area (Å²) in [4.78, 5) is 12.8. The SMILES string of the molecule is Cc1cccc(NS(=O)(=O)c2cc(C(=O)N[C@H](C)CCc3ccccc3)ccc2C)c1. The number of sulfonamides is 1. The van der Waals surface area contributed by atoms with Crippen LogP contribution < -0.4 is 10.0 Å². The first-order chi connectivity index (χ1) is 14.7. The van der Waals surface area contributed by atoms with Crippen LogP contribution in [0.15, 0.2) is 77.7 Å². The largest absolute Gasteiger partial charge is 0.350 e. The van der Waals surface area contributed by atoms with Gasteiger partial charge in [-0.05, 0) is 74.6 Å². The first-order valence-corrected chi connectivity index (χ1v) is 11.8. The third-order valence-corrected chi connectivity index (χ3v) is 6.62. The van der Waals surface area contributed by atoms with E-state index in [-0.39, 0.29) is 16.8 Å². The molecule has 1 atom stereocenters. The molecular formula is C25H28N2O3S. The Morgan fingerprint density at radius 2 is 1.68 bits per heavy atom. The zero-order valence-corrected chi connectivity index (χ0v) is 18.9. The van der Waals surface area contributed by atoms with Crippen LogP contribution >= 0.6 is 0 Å². The van der Waals surface area contributed by atoms with Crippen molar-refractivity contribution >= 4 is 21.6 Å². The van der Waals surface area contributed by atoms with Gasteiger partial charge in [-0.1, -0.05) is 48.5 Å². The number of aryl methyl sites for hydroxylation is 3. The van der Waals surface area contributed by atoms with E-state index in [9.17, 15) is 13.2 Å². The van der Waals surface area contributed by atoms with Gasteiger partial charge in [0.2, 0.25) is 0 Å². The number of hydrogen-bond donors (Lipinski definition) is 2. The van der Waals surface area contributed by atoms with E-state index in [2.05, 4.69) is 22.2 Å². The molecule has 0 saturated heterocycles. The quantitative estimate of drug-likeness (QED) is 0.530. The van der Waals surface area contributed by atoms with Crippen molar-refractivity contribution in [3.05, 3.63) is 95.1 Å². The molecule has 3 rings (SSSR count). The first kappa shape index (κ1) is 22.6. The van der Waals surface area contributed by atoms with Crippen molar-refractivity contribution in [3.63, 3.8) is 0 Å². The molecule has 0 bridgehead atoms. The molecule has 0 saturated carbocycles. The fraction of sp³-hybridized carbons (Fsp3) is 0.240. The summed E-state index contributed by atoms with van der Waals surface area (Å²) in [5.41, 5.74) is 3.56. The molecule has 0 spiro atoms. The van der Waals surface area contributed by atoms with Crippen LogP contribution in [0.3, 0.4) is 0 Å². The molecule has 0 radical (unpaired) electrons. The Balaban J connectivity index is 1.71. The lowest BCUT2D eigenvalue weighted by Gasteiger charge is -2.16. The molecule has 0 fully saturated rings. The molecule has 3 aromatic rings. The molecule has 6 heteroatoms. The summed E-state index contributed by atoms with van der Waals surface area (Å²) in [5, 5.41) is 2.97. The van der Waals surface area contributed by atoms with Gasteiger partial charge >= 0.3 is 0 Å². The fourth-order valence-corrected chi connectivity index (χ4v) is 4.68. The van der Waals surface area contributed by atoms with E-state index in [1.54, 1.807) is 37.3 Å². The summed E-state index contributed by atoms with van der Waals surface area (Å²) >= 11 is 0. The second kappa shape index (κ2) is 9.79. The lowest BCUT2D eigenvalue weighted by molar-refractivity contribution is 0.0938. The summed E-state index contributed by atoms with van der Waals surface area (Å²) in [5.74, 6) is -0.285. The number of nitrogens with one attached hydrogen (secondary N) is 2. The molecular weight excluding hydrogens is 408 g/mol. The third kappa shape index (κ3) is 6.18. The molecule has 0 aliphatic rings. The molecule has 0 heterocycles. The zero-order valence-electron chi connectivity index (χ0n) is 18.1. The van der Waals surface area contributed by atoms with E-state index in [0.29, 0.717) is 16.8 Å². The maximum absolute atomic E-state index is 12.9. The smallest absolute Gasteiger partial charge is 0.262 e. The molecule has 1 amide bonds. The predicted molar refractivity (Wildman–Crippen MR) is 125 cm³/mol. The summed E-state index contributed by atoms with van der Waals surface area (Å²) in [6.45, 7) is 5.56. The van der Waals surface area contributed by atoms with Gasteiger partial charge in [-0.15, -0.1) is 0 Å². The van der Waals surface area contributed by atoms with Crippen LogP contribution in [-0.2, 0) is 16.4 Å². The lowest BCUT2D eigenvalue weighted by atomic mass is 10.1. The van der Waals surface area contributed by atoms with Gasteiger partial charge in [0.05, 0.1) is 4.90 Å². The van der Waals surface area contributed by atoms with Gasteiger partial charge in [0.15, 0.2) is 0 Å². The summed E-state index contributed by atoms with van der Waals surface area (Å²) < 4.78 is 28.5. The van der Waals surface area contributed by atoms with Gasteiger partial charge in [-0.3, -0.25) is 9.52 Å². The summed E-state index contributed by atoms with van der Waals surface area (Å²) in [6, 6.07) is 22.0. The van der Waals surface area contributed by atoms with E-state index in [1.807, 2.05) is 38.1 Å². The van der Waals surface area contributed by atoms with E-state index in [4.69, 9.17) is 0 Å². The molecule has 0 unspecified atom stereocenters. The normalized spacial score (nSPS) is 12.2. The zero-order chi connectivity index (χ0) is 22.4. The van der Waals surface area contributed by atoms with E-state index < -0.39 is 10.0 Å². The highest BCUT2D eigenvalue weighted by Crippen LogP contribution is 2.21. The van der Waals surface area contributed by atoms with E-state index in [0.717, 1.165) is 18.4 Å². The van der Waals surface area contributed by atoms with Crippen LogP contribution in [0.25, 0.3) is 0 Å². The summed E-state index contributed by atoms with van der Waals surface area (Å²) in [6.07, 6.45) is 1.65. The van der Waals surface area contributed by atoms with Gasteiger partial charge in [0.25, 0.3) is 15.9 Å². The molecule has 0 aliphatic carbocycles. The van der Waals surface area contributed by atoms with E-state index >= 15 is 0 Å². The minimum Gasteiger partial charge on any atom is -0.350 e. The molecule has 3 aromatic carbocycles. The Bertz CT molecular complexity index is 1160. The van der Waals surface area contributed by atoms with Gasteiger partial charge in [-0.25, -0.2) is 8.42 Å². The fourth-order valence-electron chi connectivity index (χ4n) is 3.36. The molecule has 0 aliphatic heterocycles. The van der Waals surface area contributed by atoms with Crippen LogP contribution in [0.5, 0.6) is 0 Å². The van der Waals surface area contributed by atoms with Gasteiger partial charge in [0, 0.05) is 17.3 Å². The van der Waals surface area contributed by atoms with Crippen molar-refractivity contribution in [2.24, 2.45) is 0 Å². The van der Waals surface area contributed by atoms with Crippen molar-refractivity contribution in [1.82, 2.24) is 5.32 Å². The van der Waals surface area contributed by atoms with Gasteiger partial charge < -0.3 is 5.32 Å². The number of carbonyl (C=O) groups excluding carboxylic acids is 1. The number of rotatable bonds is 8. The Kier molecular flexibility index (Phi) is 7.13. The van der Waals surface area contributed by atoms with Crippen LogP contribution in [-0.4, -0.2) is 20.4 Å². The minimum atomic E-state index is -3.82. The molecule has 0 aromatic heterocycles. The predicted octanol–water partition coefficient (Wildman–Crippen LogP) is 4.86. The van der Waals surface area contributed by atoms with Crippen molar-refractivity contribution < 1.29 is 13.2 Å². The number of anilines is 1. The van der Waals surface area contributed by atoms with Gasteiger partial charge in [-0.2, -0.15) is 0 Å². The third-order valence-electron chi connectivity index (χ3n) is 5.10. The maximum atomic E-state index is 12.9. The Morgan fingerprint density at radius 1 is 0.935 bits per heavy atom. The standard InChI is InChI=1S/C25H28N2O3S/c1-18-8-7-11-23(16-18)27-31(29,30)24-17-22(15-12-19(24)2)25(28)26-20(3)13-14-21-9-5-4-6-10-21/h4-12,15-17,20,27H,13-14H2,1-3H3,(H,26,28)/t20-/m1/s1. The topological polar surface area (TPSA) is 75.3 Å². The molecule has 31 heavy (non-hydrogen) atoms. The average Bonchev–Trinajstić information content (AvgIpc) is 2.73. The van der Waals surface area contributed by atoms with Crippen molar-refractivity contribution in [2.45, 2.75) is 44.6 Å². The van der Waals surface area contributed by atoms with Crippen molar-refractivity contribution in [2.75, 3.05) is 4.72 Å². The second-order valence-corrected chi connectivity index (χ2v) is 9.50. The monoisotopic (exact) mass is 436 g/mol. The highest BCUT2D eigenvalue weighted by molar-refractivity contribution is 7.92. The molecule has 162 valence electrons. The van der Waals surface area contributed by atoms with Crippen molar-refractivity contribution in [1.29, 1.82) is 0 Å². The first-order valence-electron chi connectivity index (χ1n) is 10.3. The number of hydrogen-bond acceptors (Lipinski definition) is 3. The van der Waals surface area contributed by atoms with Gasteiger partial charge in [0.1, 0.15) is 0 Å². The number of benzene rings is 3. The summed E-state index contributed by atoms with van der Waals surface area (Å²) in [7, 11) is -3.82. The Morgan fingerprint density at radius 3 is 2.39 bits per heavy atom. The molecule has 5 nitrogen and oxygen atoms in total. The van der Waals surface area contributed by atoms with Crippen LogP contribution in [0, 0.1) is 13.8 Å². The van der Waals surface area contributed by atoms with E-state index in [1.165, 1.54) is 11.6 Å². The second-order valence-electron chi connectivity index (χ2n) is 7.85.